The number of amides is 1. The molecule has 0 aliphatic heterocycles. The highest BCUT2D eigenvalue weighted by molar-refractivity contribution is 5.84. The van der Waals surface area contributed by atoms with E-state index in [0.717, 1.165) is 12.1 Å². The van der Waals surface area contributed by atoms with Gasteiger partial charge in [-0.25, -0.2) is 13.6 Å². The summed E-state index contributed by atoms with van der Waals surface area (Å²) < 4.78 is 31.1. The number of rotatable bonds is 5. The number of benzene rings is 1. The monoisotopic (exact) mass is 321 g/mol. The van der Waals surface area contributed by atoms with Gasteiger partial charge in [-0.2, -0.15) is 0 Å². The van der Waals surface area contributed by atoms with Crippen LogP contribution in [0.2, 0.25) is 0 Å². The van der Waals surface area contributed by atoms with Gasteiger partial charge in [0.05, 0.1) is 6.54 Å². The molecule has 0 unspecified atom stereocenters. The summed E-state index contributed by atoms with van der Waals surface area (Å²) in [6, 6.07) is 6.42. The standard InChI is InChI=1S/C16H13F2NO4/c17-12-3-1-8(5-13(12)18)10-6-11(10)15(20)19-7-9-2-4-14(23-9)16(21)22/h1-5,10-11H,6-7H2,(H,19,20)(H,21,22)/t10-,11-/m1/s1. The van der Waals surface area contributed by atoms with Crippen molar-refractivity contribution < 1.29 is 27.9 Å². The Kier molecular flexibility index (Phi) is 3.85. The zero-order chi connectivity index (χ0) is 16.6. The van der Waals surface area contributed by atoms with E-state index in [2.05, 4.69) is 5.32 Å². The highest BCUT2D eigenvalue weighted by Gasteiger charge is 2.44. The fraction of sp³-hybridized carbons (Fsp3) is 0.250. The first kappa shape index (κ1) is 15.2. The van der Waals surface area contributed by atoms with Crippen LogP contribution in [-0.2, 0) is 11.3 Å². The predicted octanol–water partition coefficient (Wildman–Crippen LogP) is 2.68. The smallest absolute Gasteiger partial charge is 0.371 e. The molecule has 1 aliphatic rings. The quantitative estimate of drug-likeness (QED) is 0.887. The zero-order valence-corrected chi connectivity index (χ0v) is 11.9. The van der Waals surface area contributed by atoms with Gasteiger partial charge >= 0.3 is 5.97 Å². The van der Waals surface area contributed by atoms with Crippen LogP contribution in [0.4, 0.5) is 8.78 Å². The molecular weight excluding hydrogens is 308 g/mol. The number of carboxylic acid groups (broad SMARTS) is 1. The molecule has 120 valence electrons. The average molecular weight is 321 g/mol. The van der Waals surface area contributed by atoms with E-state index in [9.17, 15) is 18.4 Å². The number of carbonyl (C=O) groups is 2. The minimum Gasteiger partial charge on any atom is -0.475 e. The molecule has 1 aromatic heterocycles. The number of carbonyl (C=O) groups excluding carboxylic acids is 1. The number of hydrogen-bond acceptors (Lipinski definition) is 3. The van der Waals surface area contributed by atoms with Crippen molar-refractivity contribution in [1.29, 1.82) is 0 Å². The molecule has 7 heteroatoms. The van der Waals surface area contributed by atoms with Crippen molar-refractivity contribution in [3.05, 3.63) is 59.1 Å². The summed E-state index contributed by atoms with van der Waals surface area (Å²) in [4.78, 5) is 22.7. The van der Waals surface area contributed by atoms with E-state index in [-0.39, 0.29) is 30.0 Å². The van der Waals surface area contributed by atoms with Crippen LogP contribution in [0.1, 0.15) is 34.2 Å². The summed E-state index contributed by atoms with van der Waals surface area (Å²) in [5.74, 6) is -3.53. The normalized spacial score (nSPS) is 19.4. The molecule has 5 nitrogen and oxygen atoms in total. The number of hydrogen-bond donors (Lipinski definition) is 2. The predicted molar refractivity (Wildman–Crippen MR) is 74.7 cm³/mol. The van der Waals surface area contributed by atoms with Crippen molar-refractivity contribution >= 4 is 11.9 Å². The molecule has 0 saturated heterocycles. The van der Waals surface area contributed by atoms with E-state index in [1.807, 2.05) is 0 Å². The first-order valence-electron chi connectivity index (χ1n) is 7.00. The second kappa shape index (κ2) is 5.83. The lowest BCUT2D eigenvalue weighted by molar-refractivity contribution is -0.122. The molecule has 3 rings (SSSR count). The van der Waals surface area contributed by atoms with Gasteiger partial charge in [0.15, 0.2) is 11.6 Å². The molecule has 0 bridgehead atoms. The van der Waals surface area contributed by atoms with Crippen LogP contribution in [0.15, 0.2) is 34.7 Å². The number of aromatic carboxylic acids is 1. The van der Waals surface area contributed by atoms with Gasteiger partial charge in [-0.05, 0) is 42.2 Å². The van der Waals surface area contributed by atoms with Crippen molar-refractivity contribution in [3.63, 3.8) is 0 Å². The van der Waals surface area contributed by atoms with Crippen LogP contribution < -0.4 is 5.32 Å². The molecule has 1 amide bonds. The Balaban J connectivity index is 1.55. The Bertz CT molecular complexity index is 771. The summed E-state index contributed by atoms with van der Waals surface area (Å²) >= 11 is 0. The molecular formula is C16H13F2NO4. The van der Waals surface area contributed by atoms with Gasteiger partial charge in [-0.3, -0.25) is 4.79 Å². The first-order chi connectivity index (χ1) is 11.0. The summed E-state index contributed by atoms with van der Waals surface area (Å²) in [6.07, 6.45) is 0.565. The Morgan fingerprint density at radius 3 is 2.65 bits per heavy atom. The number of nitrogens with one attached hydrogen (secondary N) is 1. The largest absolute Gasteiger partial charge is 0.475 e. The van der Waals surface area contributed by atoms with Crippen molar-refractivity contribution in [2.24, 2.45) is 5.92 Å². The van der Waals surface area contributed by atoms with Crippen molar-refractivity contribution in [2.45, 2.75) is 18.9 Å². The molecule has 2 aromatic rings. The summed E-state index contributed by atoms with van der Waals surface area (Å²) in [5, 5.41) is 11.4. The average Bonchev–Trinajstić information content (AvgIpc) is 3.17. The lowest BCUT2D eigenvalue weighted by atomic mass is 10.1. The molecule has 1 aliphatic carbocycles. The van der Waals surface area contributed by atoms with Crippen molar-refractivity contribution in [1.82, 2.24) is 5.32 Å². The summed E-state index contributed by atoms with van der Waals surface area (Å²) in [7, 11) is 0. The first-order valence-corrected chi connectivity index (χ1v) is 7.00. The minimum absolute atomic E-state index is 0.0765. The van der Waals surface area contributed by atoms with E-state index < -0.39 is 17.6 Å². The third kappa shape index (κ3) is 3.23. The Morgan fingerprint density at radius 2 is 2.00 bits per heavy atom. The molecule has 1 heterocycles. The fourth-order valence-corrected chi connectivity index (χ4v) is 2.49. The van der Waals surface area contributed by atoms with Gasteiger partial charge in [0.2, 0.25) is 11.7 Å². The van der Waals surface area contributed by atoms with Gasteiger partial charge < -0.3 is 14.8 Å². The van der Waals surface area contributed by atoms with Crippen LogP contribution in [0.25, 0.3) is 0 Å². The van der Waals surface area contributed by atoms with E-state index in [1.54, 1.807) is 0 Å². The van der Waals surface area contributed by atoms with Gasteiger partial charge in [-0.1, -0.05) is 6.07 Å². The van der Waals surface area contributed by atoms with Crippen LogP contribution in [0.5, 0.6) is 0 Å². The van der Waals surface area contributed by atoms with Crippen LogP contribution in [0, 0.1) is 17.6 Å². The molecule has 1 saturated carbocycles. The van der Waals surface area contributed by atoms with Crippen molar-refractivity contribution in [3.8, 4) is 0 Å². The minimum atomic E-state index is -1.18. The zero-order valence-electron chi connectivity index (χ0n) is 11.9. The van der Waals surface area contributed by atoms with Crippen LogP contribution in [-0.4, -0.2) is 17.0 Å². The maximum absolute atomic E-state index is 13.2. The molecule has 23 heavy (non-hydrogen) atoms. The van der Waals surface area contributed by atoms with E-state index in [4.69, 9.17) is 9.52 Å². The third-order valence-corrected chi connectivity index (χ3v) is 3.81. The van der Waals surface area contributed by atoms with Crippen molar-refractivity contribution in [2.75, 3.05) is 0 Å². The van der Waals surface area contributed by atoms with E-state index in [0.29, 0.717) is 17.7 Å². The van der Waals surface area contributed by atoms with Crippen LogP contribution >= 0.6 is 0 Å². The highest BCUT2D eigenvalue weighted by atomic mass is 19.2. The Morgan fingerprint density at radius 1 is 1.22 bits per heavy atom. The Labute approximate surface area is 129 Å². The lowest BCUT2D eigenvalue weighted by Gasteiger charge is -2.04. The van der Waals surface area contributed by atoms with Gasteiger partial charge in [0.1, 0.15) is 5.76 Å². The molecule has 1 aromatic carbocycles. The van der Waals surface area contributed by atoms with Gasteiger partial charge in [0.25, 0.3) is 0 Å². The fourth-order valence-electron chi connectivity index (χ4n) is 2.49. The third-order valence-electron chi connectivity index (χ3n) is 3.81. The van der Waals surface area contributed by atoms with Crippen LogP contribution in [0.3, 0.4) is 0 Å². The maximum atomic E-state index is 13.2. The second-order valence-electron chi connectivity index (χ2n) is 5.41. The van der Waals surface area contributed by atoms with Gasteiger partial charge in [0, 0.05) is 5.92 Å². The number of carboxylic acids is 1. The second-order valence-corrected chi connectivity index (χ2v) is 5.41. The highest BCUT2D eigenvalue weighted by Crippen LogP contribution is 2.47. The number of halogens is 2. The SMILES string of the molecule is O=C(O)c1ccc(CNC(=O)[C@@H]2C[C@@H]2c2ccc(F)c(F)c2)o1. The molecule has 1 fully saturated rings. The van der Waals surface area contributed by atoms with Gasteiger partial charge in [-0.15, -0.1) is 0 Å². The maximum Gasteiger partial charge on any atom is 0.371 e. The summed E-state index contributed by atoms with van der Waals surface area (Å²) in [5.41, 5.74) is 0.593. The topological polar surface area (TPSA) is 79.5 Å². The molecule has 2 atom stereocenters. The molecule has 2 N–H and O–H groups in total. The lowest BCUT2D eigenvalue weighted by Crippen LogP contribution is -2.24. The number of furan rings is 1. The Hall–Kier alpha value is -2.70. The molecule has 0 spiro atoms. The van der Waals surface area contributed by atoms with E-state index >= 15 is 0 Å². The van der Waals surface area contributed by atoms with E-state index in [1.165, 1.54) is 18.2 Å². The molecule has 0 radical (unpaired) electrons. The summed E-state index contributed by atoms with van der Waals surface area (Å²) in [6.45, 7) is 0.0765.